The van der Waals surface area contributed by atoms with Crippen LogP contribution in [0.2, 0.25) is 0 Å². The van der Waals surface area contributed by atoms with Gasteiger partial charge in [0.15, 0.2) is 5.11 Å². The lowest BCUT2D eigenvalue weighted by molar-refractivity contribution is 0.0977. The van der Waals surface area contributed by atoms with Gasteiger partial charge in [0.05, 0.1) is 6.10 Å². The fraction of sp³-hybridized carbons (Fsp3) is 0.130. The summed E-state index contributed by atoms with van der Waals surface area (Å²) in [6.07, 6.45) is 5.42. The predicted octanol–water partition coefficient (Wildman–Crippen LogP) is 5.36. The van der Waals surface area contributed by atoms with Crippen molar-refractivity contribution in [1.29, 1.82) is 0 Å². The summed E-state index contributed by atoms with van der Waals surface area (Å²) in [6, 6.07) is 14.6. The molecule has 2 aromatic rings. The summed E-state index contributed by atoms with van der Waals surface area (Å²) in [7, 11) is 0. The first-order valence-electron chi connectivity index (χ1n) is 8.87. The van der Waals surface area contributed by atoms with E-state index in [0.717, 1.165) is 22.6 Å². The Hall–Kier alpha value is -3.18. The van der Waals surface area contributed by atoms with Crippen LogP contribution in [0.15, 0.2) is 79.9 Å². The molecule has 144 valence electrons. The number of benzene rings is 2. The fourth-order valence-electron chi connectivity index (χ4n) is 2.48. The molecule has 2 aromatic carbocycles. The molecular formula is C23H24N2O2S. The maximum atomic E-state index is 12.4. The van der Waals surface area contributed by atoms with Crippen LogP contribution in [0.5, 0.6) is 5.75 Å². The van der Waals surface area contributed by atoms with Gasteiger partial charge in [0, 0.05) is 11.3 Å². The van der Waals surface area contributed by atoms with Gasteiger partial charge in [0.2, 0.25) is 0 Å². The van der Waals surface area contributed by atoms with Crippen molar-refractivity contribution in [3.8, 4) is 5.75 Å². The molecule has 4 nitrogen and oxygen atoms in total. The Labute approximate surface area is 171 Å². The second-order valence-corrected chi connectivity index (χ2v) is 6.65. The first kappa shape index (κ1) is 21.1. The number of thiocarbonyl (C=S) groups is 1. The quantitative estimate of drug-likeness (QED) is 0.492. The van der Waals surface area contributed by atoms with Crippen molar-refractivity contribution in [3.63, 3.8) is 0 Å². The third-order valence-corrected chi connectivity index (χ3v) is 3.89. The van der Waals surface area contributed by atoms with Crippen LogP contribution in [0.4, 0.5) is 5.69 Å². The first-order chi connectivity index (χ1) is 13.4. The van der Waals surface area contributed by atoms with Crippen molar-refractivity contribution in [1.82, 2.24) is 5.32 Å². The van der Waals surface area contributed by atoms with Gasteiger partial charge in [0.25, 0.3) is 5.91 Å². The Morgan fingerprint density at radius 3 is 2.43 bits per heavy atom. The molecule has 0 heterocycles. The van der Waals surface area contributed by atoms with Crippen LogP contribution in [0.1, 0.15) is 29.8 Å². The Bertz CT molecular complexity index is 899. The van der Waals surface area contributed by atoms with Gasteiger partial charge in [-0.2, -0.15) is 0 Å². The molecule has 0 spiro atoms. The summed E-state index contributed by atoms with van der Waals surface area (Å²) >= 11 is 5.26. The highest BCUT2D eigenvalue weighted by Crippen LogP contribution is 2.20. The Kier molecular flexibility index (Phi) is 7.72. The highest BCUT2D eigenvalue weighted by molar-refractivity contribution is 7.80. The van der Waals surface area contributed by atoms with E-state index in [-0.39, 0.29) is 17.1 Å². The zero-order chi connectivity index (χ0) is 20.5. The molecule has 0 atom stereocenters. The Morgan fingerprint density at radius 2 is 1.82 bits per heavy atom. The van der Waals surface area contributed by atoms with E-state index in [9.17, 15) is 4.79 Å². The fourth-order valence-corrected chi connectivity index (χ4v) is 2.69. The van der Waals surface area contributed by atoms with E-state index in [1.165, 1.54) is 0 Å². The molecule has 0 saturated heterocycles. The van der Waals surface area contributed by atoms with E-state index < -0.39 is 0 Å². The molecule has 0 radical (unpaired) electrons. The monoisotopic (exact) mass is 392 g/mol. The number of amides is 1. The number of carbonyl (C=O) groups is 1. The molecular weight excluding hydrogens is 368 g/mol. The molecule has 2 N–H and O–H groups in total. The number of nitrogens with one attached hydrogen (secondary N) is 2. The molecule has 2 rings (SSSR count). The second kappa shape index (κ2) is 10.2. The predicted molar refractivity (Wildman–Crippen MR) is 121 cm³/mol. The molecule has 1 amide bonds. The molecule has 0 aliphatic carbocycles. The van der Waals surface area contributed by atoms with Gasteiger partial charge in [-0.25, -0.2) is 0 Å². The Balaban J connectivity index is 2.02. The number of hydrogen-bond donors (Lipinski definition) is 2. The molecule has 28 heavy (non-hydrogen) atoms. The highest BCUT2D eigenvalue weighted by atomic mass is 32.1. The zero-order valence-electron chi connectivity index (χ0n) is 16.1. The number of hydrogen-bond acceptors (Lipinski definition) is 3. The molecule has 0 fully saturated rings. The van der Waals surface area contributed by atoms with Crippen molar-refractivity contribution in [2.45, 2.75) is 20.0 Å². The van der Waals surface area contributed by atoms with E-state index in [0.29, 0.717) is 5.56 Å². The number of anilines is 1. The van der Waals surface area contributed by atoms with Gasteiger partial charge < -0.3 is 10.1 Å². The van der Waals surface area contributed by atoms with Crippen LogP contribution in [0.3, 0.4) is 0 Å². The minimum atomic E-state index is -0.289. The summed E-state index contributed by atoms with van der Waals surface area (Å²) in [5, 5.41) is 5.93. The maximum absolute atomic E-state index is 12.4. The van der Waals surface area contributed by atoms with Gasteiger partial charge >= 0.3 is 0 Å². The van der Waals surface area contributed by atoms with E-state index in [1.807, 2.05) is 44.2 Å². The van der Waals surface area contributed by atoms with E-state index in [2.05, 4.69) is 23.8 Å². The van der Waals surface area contributed by atoms with Crippen molar-refractivity contribution >= 4 is 34.5 Å². The van der Waals surface area contributed by atoms with Crippen LogP contribution < -0.4 is 15.4 Å². The van der Waals surface area contributed by atoms with Gasteiger partial charge in [-0.15, -0.1) is 0 Å². The molecule has 0 bridgehead atoms. The third-order valence-electron chi connectivity index (χ3n) is 3.69. The smallest absolute Gasteiger partial charge is 0.257 e. The summed E-state index contributed by atoms with van der Waals surface area (Å²) in [4.78, 5) is 12.4. The number of allylic oxidation sites excluding steroid dienone is 4. The lowest BCUT2D eigenvalue weighted by atomic mass is 10.0. The molecule has 0 aliphatic heterocycles. The molecule has 0 aliphatic rings. The Morgan fingerprint density at radius 1 is 1.11 bits per heavy atom. The van der Waals surface area contributed by atoms with Gasteiger partial charge in [0.1, 0.15) is 5.75 Å². The summed E-state index contributed by atoms with van der Waals surface area (Å²) in [5.74, 6) is 0.428. The van der Waals surface area contributed by atoms with E-state index >= 15 is 0 Å². The maximum Gasteiger partial charge on any atom is 0.257 e. The molecule has 5 heteroatoms. The van der Waals surface area contributed by atoms with E-state index in [1.54, 1.807) is 36.4 Å². The van der Waals surface area contributed by atoms with Gasteiger partial charge in [-0.1, -0.05) is 43.5 Å². The summed E-state index contributed by atoms with van der Waals surface area (Å²) < 4.78 is 5.58. The minimum absolute atomic E-state index is 0.0788. The summed E-state index contributed by atoms with van der Waals surface area (Å²) in [5.41, 5.74) is 3.17. The number of ether oxygens (including phenoxy) is 1. The van der Waals surface area contributed by atoms with Crippen LogP contribution >= 0.6 is 12.2 Å². The van der Waals surface area contributed by atoms with Gasteiger partial charge in [-0.05, 0) is 73.6 Å². The first-order valence-corrected chi connectivity index (χ1v) is 9.28. The van der Waals surface area contributed by atoms with Crippen molar-refractivity contribution in [2.24, 2.45) is 0 Å². The molecule has 0 aromatic heterocycles. The largest absolute Gasteiger partial charge is 0.491 e. The zero-order valence-corrected chi connectivity index (χ0v) is 16.9. The average molecular weight is 393 g/mol. The normalized spacial score (nSPS) is 10.9. The number of rotatable bonds is 7. The van der Waals surface area contributed by atoms with Crippen LogP contribution in [-0.4, -0.2) is 17.1 Å². The lowest BCUT2D eigenvalue weighted by Crippen LogP contribution is -2.34. The summed E-state index contributed by atoms with van der Waals surface area (Å²) in [6.45, 7) is 11.4. The van der Waals surface area contributed by atoms with E-state index in [4.69, 9.17) is 17.0 Å². The SMILES string of the molecule is C=C/C=C(\C=C)c1cccc(NC(=S)NC(=O)c2ccc(OC(C)C)cc2)c1. The molecule has 0 unspecified atom stereocenters. The van der Waals surface area contributed by atoms with Crippen LogP contribution in [-0.2, 0) is 0 Å². The average Bonchev–Trinajstić information content (AvgIpc) is 2.66. The second-order valence-electron chi connectivity index (χ2n) is 6.24. The minimum Gasteiger partial charge on any atom is -0.491 e. The van der Waals surface area contributed by atoms with Crippen LogP contribution in [0, 0.1) is 0 Å². The molecule has 0 saturated carbocycles. The van der Waals surface area contributed by atoms with Crippen molar-refractivity contribution in [2.75, 3.05) is 5.32 Å². The van der Waals surface area contributed by atoms with Gasteiger partial charge in [-0.3, -0.25) is 10.1 Å². The van der Waals surface area contributed by atoms with Crippen molar-refractivity contribution in [3.05, 3.63) is 91.0 Å². The third kappa shape index (κ3) is 6.21. The van der Waals surface area contributed by atoms with Crippen LogP contribution in [0.25, 0.3) is 5.57 Å². The highest BCUT2D eigenvalue weighted by Gasteiger charge is 2.09. The van der Waals surface area contributed by atoms with Crippen molar-refractivity contribution < 1.29 is 9.53 Å². The lowest BCUT2D eigenvalue weighted by Gasteiger charge is -2.12. The topological polar surface area (TPSA) is 50.4 Å². The standard InChI is InChI=1S/C23H24N2O2S/c1-5-8-17(6-2)19-9-7-10-20(15-19)24-23(28)25-22(26)18-11-13-21(14-12-18)27-16(3)4/h5-16H,1-2H2,3-4H3,(H2,24,25,26,28)/b17-8+. The number of carbonyl (C=O) groups excluding carboxylic acids is 1.